The summed E-state index contributed by atoms with van der Waals surface area (Å²) in [5.41, 5.74) is 1.77. The molecule has 0 spiro atoms. The van der Waals surface area contributed by atoms with Gasteiger partial charge < -0.3 is 4.90 Å². The third kappa shape index (κ3) is 5.84. The molecule has 3 aromatic carbocycles. The minimum atomic E-state index is -5.45. The largest absolute Gasteiger partial charge is 0.304 e. The molecular formula is C28H25F6N3O5S. The number of carbonyl (C=O) groups is 2. The highest BCUT2D eigenvalue weighted by Gasteiger charge is 2.48. The first-order valence-corrected chi connectivity index (χ1v) is 14.1. The van der Waals surface area contributed by atoms with Gasteiger partial charge in [0.1, 0.15) is 11.9 Å². The van der Waals surface area contributed by atoms with Crippen LogP contribution in [-0.4, -0.2) is 42.3 Å². The lowest BCUT2D eigenvalue weighted by Crippen LogP contribution is -2.59. The van der Waals surface area contributed by atoms with E-state index in [1.54, 1.807) is 24.3 Å². The molecule has 1 heterocycles. The van der Waals surface area contributed by atoms with Crippen LogP contribution in [0.15, 0.2) is 47.4 Å². The van der Waals surface area contributed by atoms with E-state index in [2.05, 4.69) is 0 Å². The number of benzene rings is 3. The van der Waals surface area contributed by atoms with Crippen LogP contribution < -0.4 is 10.4 Å². The molecule has 0 aliphatic carbocycles. The third-order valence-electron chi connectivity index (χ3n) is 7.02. The van der Waals surface area contributed by atoms with Crippen molar-refractivity contribution in [3.8, 4) is 0 Å². The molecule has 1 fully saturated rings. The van der Waals surface area contributed by atoms with Gasteiger partial charge in [0.25, 0.3) is 5.91 Å². The maximum absolute atomic E-state index is 15.3. The van der Waals surface area contributed by atoms with Crippen molar-refractivity contribution in [2.75, 3.05) is 11.4 Å². The Bertz CT molecular complexity index is 1680. The highest BCUT2D eigenvalue weighted by molar-refractivity contribution is 7.89. The standard InChI is InChI=1S/C28H25F6N3O5S/c1-28(2,3)16-7-4-14(5-8-16)13-36(18-9-6-15(12-17(18)29)26(38)35-40)27(39)19-10-11-37(19)43(41,42)25-23(33)21(31)20(30)22(32)24(25)34/h4-9,12,19,40H,10-11,13H2,1-3H3,(H,35,38). The number of carbonyl (C=O) groups excluding carboxylic acids is 2. The number of amides is 2. The lowest BCUT2D eigenvalue weighted by Gasteiger charge is -2.41. The van der Waals surface area contributed by atoms with Gasteiger partial charge in [0.2, 0.25) is 21.7 Å². The first kappa shape index (κ1) is 32.0. The molecule has 0 aromatic heterocycles. The summed E-state index contributed by atoms with van der Waals surface area (Å²) in [6.45, 7) is 5.05. The van der Waals surface area contributed by atoms with Gasteiger partial charge in [-0.1, -0.05) is 45.0 Å². The maximum atomic E-state index is 15.3. The number of hydrogen-bond acceptors (Lipinski definition) is 5. The average molecular weight is 630 g/mol. The first-order chi connectivity index (χ1) is 20.0. The predicted octanol–water partition coefficient (Wildman–Crippen LogP) is 4.93. The fraction of sp³-hybridized carbons (Fsp3) is 0.286. The van der Waals surface area contributed by atoms with Crippen LogP contribution in [0.5, 0.6) is 0 Å². The Kier molecular flexibility index (Phi) is 8.64. The van der Waals surface area contributed by atoms with Gasteiger partial charge in [0.05, 0.1) is 12.2 Å². The smallest absolute Gasteiger partial charge is 0.274 e. The van der Waals surface area contributed by atoms with Crippen LogP contribution >= 0.6 is 0 Å². The summed E-state index contributed by atoms with van der Waals surface area (Å²) in [6, 6.07) is 7.97. The van der Waals surface area contributed by atoms with E-state index >= 15 is 4.39 Å². The minimum absolute atomic E-state index is 0.223. The molecule has 3 aromatic rings. The Morgan fingerprint density at radius 2 is 1.49 bits per heavy atom. The summed E-state index contributed by atoms with van der Waals surface area (Å²) < 4.78 is 112. The topological polar surface area (TPSA) is 107 Å². The van der Waals surface area contributed by atoms with Crippen LogP contribution in [0.2, 0.25) is 0 Å². The van der Waals surface area contributed by atoms with E-state index in [9.17, 15) is 40.0 Å². The van der Waals surface area contributed by atoms with Crippen molar-refractivity contribution in [3.63, 3.8) is 0 Å². The molecule has 15 heteroatoms. The molecule has 2 amide bonds. The van der Waals surface area contributed by atoms with Gasteiger partial charge in [-0.05, 0) is 41.2 Å². The third-order valence-corrected chi connectivity index (χ3v) is 8.95. The SMILES string of the molecule is CC(C)(C)c1ccc(CN(C(=O)C2CCN2S(=O)(=O)c2c(F)c(F)c(F)c(F)c2F)c2ccc(C(=O)NO)cc2F)cc1. The molecule has 1 unspecified atom stereocenters. The molecular weight excluding hydrogens is 604 g/mol. The number of nitrogens with one attached hydrogen (secondary N) is 1. The van der Waals surface area contributed by atoms with Crippen LogP contribution in [0.1, 0.15) is 48.7 Å². The zero-order valence-corrected chi connectivity index (χ0v) is 23.7. The van der Waals surface area contributed by atoms with Crippen molar-refractivity contribution in [1.29, 1.82) is 0 Å². The predicted molar refractivity (Wildman–Crippen MR) is 141 cm³/mol. The molecule has 0 bridgehead atoms. The molecule has 43 heavy (non-hydrogen) atoms. The molecule has 1 aliphatic rings. The highest BCUT2D eigenvalue weighted by Crippen LogP contribution is 2.35. The Morgan fingerprint density at radius 3 is 1.95 bits per heavy atom. The fourth-order valence-electron chi connectivity index (χ4n) is 4.51. The zero-order chi connectivity index (χ0) is 32.0. The number of halogens is 6. The molecule has 1 saturated heterocycles. The van der Waals surface area contributed by atoms with E-state index < -0.39 is 79.9 Å². The van der Waals surface area contributed by atoms with E-state index in [1.807, 2.05) is 20.8 Å². The summed E-state index contributed by atoms with van der Waals surface area (Å²) in [5.74, 6) is -15.9. The molecule has 0 saturated carbocycles. The summed E-state index contributed by atoms with van der Waals surface area (Å²) in [4.78, 5) is 24.2. The molecule has 4 rings (SSSR count). The van der Waals surface area contributed by atoms with Crippen LogP contribution in [0.4, 0.5) is 32.0 Å². The second-order valence-electron chi connectivity index (χ2n) is 10.8. The van der Waals surface area contributed by atoms with Crippen molar-refractivity contribution >= 4 is 27.5 Å². The molecule has 8 nitrogen and oxygen atoms in total. The summed E-state index contributed by atoms with van der Waals surface area (Å²) in [5, 5.41) is 8.85. The molecule has 0 radical (unpaired) electrons. The van der Waals surface area contributed by atoms with Crippen molar-refractivity contribution in [2.45, 2.75) is 50.1 Å². The van der Waals surface area contributed by atoms with Gasteiger partial charge in [0.15, 0.2) is 28.2 Å². The zero-order valence-electron chi connectivity index (χ0n) is 22.9. The van der Waals surface area contributed by atoms with Gasteiger partial charge in [-0.15, -0.1) is 0 Å². The van der Waals surface area contributed by atoms with E-state index in [1.165, 1.54) is 5.48 Å². The first-order valence-electron chi connectivity index (χ1n) is 12.7. The highest BCUT2D eigenvalue weighted by atomic mass is 32.2. The normalized spacial score (nSPS) is 15.6. The van der Waals surface area contributed by atoms with Crippen molar-refractivity contribution < 1.29 is 49.6 Å². The van der Waals surface area contributed by atoms with E-state index in [-0.39, 0.29) is 28.2 Å². The van der Waals surface area contributed by atoms with E-state index in [0.29, 0.717) is 11.6 Å². The van der Waals surface area contributed by atoms with Crippen molar-refractivity contribution in [3.05, 3.63) is 94.1 Å². The lowest BCUT2D eigenvalue weighted by atomic mass is 9.86. The summed E-state index contributed by atoms with van der Waals surface area (Å²) in [6.07, 6.45) is -0.223. The lowest BCUT2D eigenvalue weighted by molar-refractivity contribution is -0.125. The van der Waals surface area contributed by atoms with Crippen LogP contribution in [0, 0.1) is 34.9 Å². The number of sulfonamides is 1. The number of rotatable bonds is 7. The van der Waals surface area contributed by atoms with Crippen LogP contribution in [0.3, 0.4) is 0 Å². The second kappa shape index (κ2) is 11.6. The monoisotopic (exact) mass is 629 g/mol. The van der Waals surface area contributed by atoms with E-state index in [4.69, 9.17) is 5.21 Å². The maximum Gasteiger partial charge on any atom is 0.274 e. The van der Waals surface area contributed by atoms with Gasteiger partial charge in [-0.25, -0.2) is 40.2 Å². The molecule has 1 aliphatic heterocycles. The number of anilines is 1. The van der Waals surface area contributed by atoms with Gasteiger partial charge in [-0.2, -0.15) is 4.31 Å². The molecule has 230 valence electrons. The Morgan fingerprint density at radius 1 is 0.930 bits per heavy atom. The van der Waals surface area contributed by atoms with Crippen LogP contribution in [0.25, 0.3) is 0 Å². The summed E-state index contributed by atoms with van der Waals surface area (Å²) >= 11 is 0. The molecule has 2 N–H and O–H groups in total. The van der Waals surface area contributed by atoms with E-state index in [0.717, 1.165) is 22.6 Å². The Hall–Kier alpha value is -3.95. The second-order valence-corrected chi connectivity index (χ2v) is 12.6. The van der Waals surface area contributed by atoms with Crippen molar-refractivity contribution in [2.24, 2.45) is 0 Å². The Labute approximate surface area is 242 Å². The average Bonchev–Trinajstić information content (AvgIpc) is 2.92. The minimum Gasteiger partial charge on any atom is -0.304 e. The van der Waals surface area contributed by atoms with Gasteiger partial charge in [-0.3, -0.25) is 14.8 Å². The van der Waals surface area contributed by atoms with Gasteiger partial charge >= 0.3 is 0 Å². The number of hydroxylamine groups is 1. The summed E-state index contributed by atoms with van der Waals surface area (Å²) in [7, 11) is -5.45. The fourth-order valence-corrected chi connectivity index (χ4v) is 6.26. The number of hydrogen-bond donors (Lipinski definition) is 2. The van der Waals surface area contributed by atoms with Crippen LogP contribution in [-0.2, 0) is 26.8 Å². The Balaban J connectivity index is 1.75. The van der Waals surface area contributed by atoms with Crippen molar-refractivity contribution in [1.82, 2.24) is 9.79 Å². The quantitative estimate of drug-likeness (QED) is 0.127. The van der Waals surface area contributed by atoms with Gasteiger partial charge in [0, 0.05) is 12.1 Å². The number of nitrogens with zero attached hydrogens (tertiary/aromatic N) is 2. The molecule has 1 atom stereocenters.